The van der Waals surface area contributed by atoms with Crippen LogP contribution in [0.1, 0.15) is 19.4 Å². The maximum absolute atomic E-state index is 9.52. The fraction of sp³-hybridized carbons (Fsp3) is 0.562. The number of likely N-dealkylation sites (N-methyl/N-ethyl adjacent to an activating group) is 1. The van der Waals surface area contributed by atoms with E-state index in [9.17, 15) is 5.26 Å². The number of nitrogens with zero attached hydrogens (tertiary/aromatic N) is 3. The Labute approximate surface area is 121 Å². The third-order valence-electron chi connectivity index (χ3n) is 4.22. The van der Waals surface area contributed by atoms with E-state index in [1.54, 1.807) is 0 Å². The third-order valence-corrected chi connectivity index (χ3v) is 4.22. The molecule has 1 aliphatic rings. The monoisotopic (exact) mass is 272 g/mol. The van der Waals surface area contributed by atoms with Crippen molar-refractivity contribution in [3.63, 3.8) is 0 Å². The maximum atomic E-state index is 9.52. The first-order valence-electron chi connectivity index (χ1n) is 7.31. The Morgan fingerprint density at radius 1 is 1.35 bits per heavy atom. The van der Waals surface area contributed by atoms with Crippen molar-refractivity contribution in [1.82, 2.24) is 9.80 Å². The first-order chi connectivity index (χ1) is 9.59. The molecular weight excluding hydrogens is 248 g/mol. The van der Waals surface area contributed by atoms with E-state index in [1.165, 1.54) is 0 Å². The van der Waals surface area contributed by atoms with Crippen molar-refractivity contribution in [2.24, 2.45) is 5.73 Å². The van der Waals surface area contributed by atoms with Crippen molar-refractivity contribution in [1.29, 1.82) is 5.26 Å². The molecule has 4 heteroatoms. The van der Waals surface area contributed by atoms with Gasteiger partial charge in [0.25, 0.3) is 0 Å². The van der Waals surface area contributed by atoms with Gasteiger partial charge >= 0.3 is 0 Å². The Bertz CT molecular complexity index is 467. The SMILES string of the molecule is CCN1CCN(CC(N)(C#N)c2ccccc2)CC1C. The Hall–Kier alpha value is -1.41. The normalized spacial score (nSPS) is 24.0. The average Bonchev–Trinajstić information content (AvgIpc) is 2.48. The zero-order valence-electron chi connectivity index (χ0n) is 12.4. The van der Waals surface area contributed by atoms with Crippen molar-refractivity contribution in [3.05, 3.63) is 35.9 Å². The Morgan fingerprint density at radius 2 is 2.05 bits per heavy atom. The zero-order chi connectivity index (χ0) is 14.6. The predicted molar refractivity (Wildman–Crippen MR) is 81.1 cm³/mol. The molecule has 1 fully saturated rings. The molecule has 0 saturated carbocycles. The van der Waals surface area contributed by atoms with E-state index in [0.717, 1.165) is 31.7 Å². The second-order valence-corrected chi connectivity index (χ2v) is 5.66. The highest BCUT2D eigenvalue weighted by molar-refractivity contribution is 5.31. The van der Waals surface area contributed by atoms with Crippen LogP contribution in [0.3, 0.4) is 0 Å². The summed E-state index contributed by atoms with van der Waals surface area (Å²) in [7, 11) is 0. The van der Waals surface area contributed by atoms with E-state index in [0.29, 0.717) is 12.6 Å². The summed E-state index contributed by atoms with van der Waals surface area (Å²) < 4.78 is 0. The Balaban J connectivity index is 2.07. The molecule has 1 saturated heterocycles. The van der Waals surface area contributed by atoms with Crippen LogP contribution >= 0.6 is 0 Å². The molecule has 1 aromatic rings. The molecule has 0 aromatic heterocycles. The standard InChI is InChI=1S/C16H24N4/c1-3-20-10-9-19(11-14(20)2)13-16(18,12-17)15-7-5-4-6-8-15/h4-8,14H,3,9-11,13,18H2,1-2H3. The molecule has 1 aliphatic heterocycles. The third kappa shape index (κ3) is 3.18. The minimum absolute atomic E-state index is 0.521. The topological polar surface area (TPSA) is 56.3 Å². The first kappa shape index (κ1) is 15.0. The van der Waals surface area contributed by atoms with Gasteiger partial charge in [-0.2, -0.15) is 5.26 Å². The first-order valence-corrected chi connectivity index (χ1v) is 7.31. The highest BCUT2D eigenvalue weighted by Gasteiger charge is 2.32. The van der Waals surface area contributed by atoms with Crippen molar-refractivity contribution in [2.45, 2.75) is 25.4 Å². The van der Waals surface area contributed by atoms with Gasteiger partial charge in [0.15, 0.2) is 0 Å². The highest BCUT2D eigenvalue weighted by Crippen LogP contribution is 2.20. The largest absolute Gasteiger partial charge is 0.309 e. The molecule has 20 heavy (non-hydrogen) atoms. The van der Waals surface area contributed by atoms with Gasteiger partial charge in [-0.05, 0) is 19.0 Å². The van der Waals surface area contributed by atoms with Crippen LogP contribution in [0.4, 0.5) is 0 Å². The summed E-state index contributed by atoms with van der Waals surface area (Å²) in [5.41, 5.74) is 6.32. The number of nitriles is 1. The minimum Gasteiger partial charge on any atom is -0.309 e. The second kappa shape index (κ2) is 6.36. The molecule has 1 heterocycles. The van der Waals surface area contributed by atoms with Crippen LogP contribution in [0, 0.1) is 11.3 Å². The van der Waals surface area contributed by atoms with Crippen LogP contribution in [0.25, 0.3) is 0 Å². The van der Waals surface area contributed by atoms with Crippen molar-refractivity contribution >= 4 is 0 Å². The summed E-state index contributed by atoms with van der Waals surface area (Å²) in [6.07, 6.45) is 0. The summed E-state index contributed by atoms with van der Waals surface area (Å²) in [5, 5.41) is 9.52. The maximum Gasteiger partial charge on any atom is 0.142 e. The number of benzene rings is 1. The molecular formula is C16H24N4. The van der Waals surface area contributed by atoms with Crippen LogP contribution < -0.4 is 5.73 Å². The van der Waals surface area contributed by atoms with E-state index in [4.69, 9.17) is 5.73 Å². The number of hydrogen-bond donors (Lipinski definition) is 1. The van der Waals surface area contributed by atoms with Crippen LogP contribution in [0.2, 0.25) is 0 Å². The Kier molecular flexibility index (Phi) is 4.77. The molecule has 2 atom stereocenters. The zero-order valence-corrected chi connectivity index (χ0v) is 12.4. The van der Waals surface area contributed by atoms with Crippen molar-refractivity contribution < 1.29 is 0 Å². The fourth-order valence-electron chi connectivity index (χ4n) is 2.96. The van der Waals surface area contributed by atoms with E-state index in [2.05, 4.69) is 29.7 Å². The summed E-state index contributed by atoms with van der Waals surface area (Å²) in [6.45, 7) is 9.11. The number of piperazine rings is 1. The molecule has 2 rings (SSSR count). The van der Waals surface area contributed by atoms with Gasteiger partial charge in [-0.15, -0.1) is 0 Å². The van der Waals surface area contributed by atoms with Crippen LogP contribution in [0.15, 0.2) is 30.3 Å². The Morgan fingerprint density at radius 3 is 2.60 bits per heavy atom. The van der Waals surface area contributed by atoms with Gasteiger partial charge in [-0.3, -0.25) is 9.80 Å². The lowest BCUT2D eigenvalue weighted by molar-refractivity contribution is 0.0780. The molecule has 0 radical (unpaired) electrons. The molecule has 108 valence electrons. The summed E-state index contributed by atoms with van der Waals surface area (Å²) in [6, 6.07) is 12.5. The highest BCUT2D eigenvalue weighted by atomic mass is 15.3. The van der Waals surface area contributed by atoms with Gasteiger partial charge in [-0.25, -0.2) is 0 Å². The van der Waals surface area contributed by atoms with Gasteiger partial charge in [0.05, 0.1) is 6.07 Å². The lowest BCUT2D eigenvalue weighted by atomic mass is 9.91. The predicted octanol–water partition coefficient (Wildman–Crippen LogP) is 1.39. The van der Waals surface area contributed by atoms with Gasteiger partial charge in [0, 0.05) is 32.2 Å². The van der Waals surface area contributed by atoms with Gasteiger partial charge in [0.1, 0.15) is 5.54 Å². The van der Waals surface area contributed by atoms with E-state index < -0.39 is 5.54 Å². The lowest BCUT2D eigenvalue weighted by Crippen LogP contribution is -2.56. The van der Waals surface area contributed by atoms with E-state index in [-0.39, 0.29) is 0 Å². The lowest BCUT2D eigenvalue weighted by Gasteiger charge is -2.41. The summed E-state index contributed by atoms with van der Waals surface area (Å²) in [4.78, 5) is 4.77. The van der Waals surface area contributed by atoms with Gasteiger partial charge in [-0.1, -0.05) is 37.3 Å². The fourth-order valence-corrected chi connectivity index (χ4v) is 2.96. The molecule has 1 aromatic carbocycles. The average molecular weight is 272 g/mol. The van der Waals surface area contributed by atoms with Gasteiger partial charge < -0.3 is 5.73 Å². The van der Waals surface area contributed by atoms with Crippen LogP contribution in [0.5, 0.6) is 0 Å². The van der Waals surface area contributed by atoms with Crippen molar-refractivity contribution in [2.75, 3.05) is 32.7 Å². The van der Waals surface area contributed by atoms with Gasteiger partial charge in [0.2, 0.25) is 0 Å². The molecule has 0 aliphatic carbocycles. The number of nitrogens with two attached hydrogens (primary N) is 1. The van der Waals surface area contributed by atoms with E-state index in [1.807, 2.05) is 30.3 Å². The van der Waals surface area contributed by atoms with Crippen molar-refractivity contribution in [3.8, 4) is 6.07 Å². The second-order valence-electron chi connectivity index (χ2n) is 5.66. The molecule has 0 amide bonds. The molecule has 2 unspecified atom stereocenters. The van der Waals surface area contributed by atoms with Crippen LogP contribution in [-0.2, 0) is 5.54 Å². The molecule has 0 bridgehead atoms. The van der Waals surface area contributed by atoms with E-state index >= 15 is 0 Å². The summed E-state index contributed by atoms with van der Waals surface area (Å²) in [5.74, 6) is 0. The molecule has 2 N–H and O–H groups in total. The molecule has 4 nitrogen and oxygen atoms in total. The smallest absolute Gasteiger partial charge is 0.142 e. The van der Waals surface area contributed by atoms with Crippen LogP contribution in [-0.4, -0.2) is 48.6 Å². The minimum atomic E-state index is -0.921. The number of rotatable bonds is 4. The quantitative estimate of drug-likeness (QED) is 0.900. The molecule has 0 spiro atoms. The summed E-state index contributed by atoms with van der Waals surface area (Å²) >= 11 is 0. The number of hydrogen-bond acceptors (Lipinski definition) is 4.